The second-order valence-corrected chi connectivity index (χ2v) is 4.56. The lowest BCUT2D eigenvalue weighted by atomic mass is 10.3. The molecular weight excluding hydrogens is 272 g/mol. The van der Waals surface area contributed by atoms with Crippen LogP contribution in [0.1, 0.15) is 23.8 Å². The molecule has 2 N–H and O–H groups in total. The molecule has 0 saturated carbocycles. The van der Waals surface area contributed by atoms with Gasteiger partial charge in [0.25, 0.3) is 5.91 Å². The molecule has 0 aliphatic rings. The zero-order chi connectivity index (χ0) is 15.7. The summed E-state index contributed by atoms with van der Waals surface area (Å²) in [6.07, 6.45) is 2.24. The van der Waals surface area contributed by atoms with Crippen LogP contribution >= 0.6 is 0 Å². The number of anilines is 1. The predicted octanol–water partition coefficient (Wildman–Crippen LogP) is 1.33. The SMILES string of the molecule is CCOCCCNC(=O)Nc1ccnc(C(=O)N(C)C)c1. The molecule has 1 aromatic rings. The standard InChI is InChI=1S/C14H22N4O3/c1-4-21-9-5-7-16-14(20)17-11-6-8-15-12(10-11)13(19)18(2)3/h6,8,10H,4-5,7,9H2,1-3H3,(H2,15,16,17,20). The Morgan fingerprint density at radius 2 is 2.14 bits per heavy atom. The van der Waals surface area contributed by atoms with Gasteiger partial charge in [0.2, 0.25) is 0 Å². The molecule has 1 rings (SSSR count). The Balaban J connectivity index is 2.45. The maximum Gasteiger partial charge on any atom is 0.319 e. The number of amides is 3. The third kappa shape index (κ3) is 6.22. The van der Waals surface area contributed by atoms with Crippen molar-refractivity contribution in [2.75, 3.05) is 39.2 Å². The van der Waals surface area contributed by atoms with Crippen molar-refractivity contribution in [3.05, 3.63) is 24.0 Å². The number of carbonyl (C=O) groups is 2. The number of carbonyl (C=O) groups excluding carboxylic acids is 2. The second-order valence-electron chi connectivity index (χ2n) is 4.56. The molecule has 1 heterocycles. The number of nitrogens with one attached hydrogen (secondary N) is 2. The van der Waals surface area contributed by atoms with E-state index in [9.17, 15) is 9.59 Å². The monoisotopic (exact) mass is 294 g/mol. The number of rotatable bonds is 7. The topological polar surface area (TPSA) is 83.6 Å². The third-order valence-electron chi connectivity index (χ3n) is 2.60. The molecule has 0 spiro atoms. The maximum absolute atomic E-state index is 11.8. The number of aromatic nitrogens is 1. The van der Waals surface area contributed by atoms with E-state index in [2.05, 4.69) is 15.6 Å². The molecule has 7 nitrogen and oxygen atoms in total. The molecule has 0 bridgehead atoms. The van der Waals surface area contributed by atoms with Gasteiger partial charge in [-0.3, -0.25) is 9.78 Å². The van der Waals surface area contributed by atoms with Crippen LogP contribution in [-0.4, -0.2) is 55.7 Å². The van der Waals surface area contributed by atoms with Gasteiger partial charge in [-0.25, -0.2) is 4.79 Å². The molecule has 0 fully saturated rings. The van der Waals surface area contributed by atoms with Crippen LogP contribution in [0.5, 0.6) is 0 Å². The van der Waals surface area contributed by atoms with E-state index in [1.165, 1.54) is 11.1 Å². The van der Waals surface area contributed by atoms with Gasteiger partial charge in [0.05, 0.1) is 0 Å². The minimum atomic E-state index is -0.319. The van der Waals surface area contributed by atoms with Gasteiger partial charge in [0, 0.05) is 45.7 Å². The first-order valence-corrected chi connectivity index (χ1v) is 6.85. The number of nitrogens with zero attached hydrogens (tertiary/aromatic N) is 2. The first kappa shape index (κ1) is 16.9. The molecule has 0 aliphatic heterocycles. The fourth-order valence-corrected chi connectivity index (χ4v) is 1.55. The van der Waals surface area contributed by atoms with Crippen molar-refractivity contribution in [3.8, 4) is 0 Å². The molecule has 0 unspecified atom stereocenters. The van der Waals surface area contributed by atoms with E-state index in [-0.39, 0.29) is 17.6 Å². The minimum absolute atomic E-state index is 0.212. The number of hydrogen-bond acceptors (Lipinski definition) is 4. The summed E-state index contributed by atoms with van der Waals surface area (Å²) in [5, 5.41) is 5.38. The van der Waals surface area contributed by atoms with Gasteiger partial charge in [-0.05, 0) is 25.5 Å². The van der Waals surface area contributed by atoms with Gasteiger partial charge in [0.1, 0.15) is 5.69 Å². The zero-order valence-corrected chi connectivity index (χ0v) is 12.7. The molecule has 0 radical (unpaired) electrons. The molecule has 0 aliphatic carbocycles. The Hall–Kier alpha value is -2.15. The highest BCUT2D eigenvalue weighted by atomic mass is 16.5. The third-order valence-corrected chi connectivity index (χ3v) is 2.60. The Morgan fingerprint density at radius 1 is 1.38 bits per heavy atom. The van der Waals surface area contributed by atoms with E-state index in [0.717, 1.165) is 6.42 Å². The largest absolute Gasteiger partial charge is 0.382 e. The van der Waals surface area contributed by atoms with Crippen LogP contribution in [0.25, 0.3) is 0 Å². The Bertz CT molecular complexity index is 477. The van der Waals surface area contributed by atoms with Crippen LogP contribution < -0.4 is 10.6 Å². The number of pyridine rings is 1. The van der Waals surface area contributed by atoms with E-state index in [1.54, 1.807) is 26.2 Å². The summed E-state index contributed by atoms with van der Waals surface area (Å²) in [6, 6.07) is 2.86. The highest BCUT2D eigenvalue weighted by Gasteiger charge is 2.10. The van der Waals surface area contributed by atoms with Crippen LogP contribution in [0.15, 0.2) is 18.3 Å². The molecule has 0 aromatic carbocycles. The number of urea groups is 1. The normalized spacial score (nSPS) is 10.0. The average molecular weight is 294 g/mol. The predicted molar refractivity (Wildman–Crippen MR) is 80.4 cm³/mol. The molecule has 7 heteroatoms. The summed E-state index contributed by atoms with van der Waals surface area (Å²) < 4.78 is 5.18. The van der Waals surface area contributed by atoms with E-state index >= 15 is 0 Å². The first-order chi connectivity index (χ1) is 10.0. The summed E-state index contributed by atoms with van der Waals surface area (Å²) in [7, 11) is 3.30. The van der Waals surface area contributed by atoms with Crippen molar-refractivity contribution in [1.82, 2.24) is 15.2 Å². The van der Waals surface area contributed by atoms with Gasteiger partial charge >= 0.3 is 6.03 Å². The van der Waals surface area contributed by atoms with Crippen molar-refractivity contribution in [3.63, 3.8) is 0 Å². The average Bonchev–Trinajstić information content (AvgIpc) is 2.46. The highest BCUT2D eigenvalue weighted by Crippen LogP contribution is 2.09. The second kappa shape index (κ2) is 8.91. The van der Waals surface area contributed by atoms with Gasteiger partial charge in [-0.1, -0.05) is 0 Å². The number of hydrogen-bond donors (Lipinski definition) is 2. The zero-order valence-electron chi connectivity index (χ0n) is 12.7. The van der Waals surface area contributed by atoms with Crippen LogP contribution in [0.2, 0.25) is 0 Å². The summed E-state index contributed by atoms with van der Waals surface area (Å²) >= 11 is 0. The lowest BCUT2D eigenvalue weighted by Gasteiger charge is -2.11. The quantitative estimate of drug-likeness (QED) is 0.743. The Labute approximate surface area is 124 Å². The van der Waals surface area contributed by atoms with Crippen molar-refractivity contribution in [2.24, 2.45) is 0 Å². The lowest BCUT2D eigenvalue weighted by Crippen LogP contribution is -2.30. The lowest BCUT2D eigenvalue weighted by molar-refractivity contribution is 0.0822. The van der Waals surface area contributed by atoms with Gasteiger partial charge in [-0.2, -0.15) is 0 Å². The van der Waals surface area contributed by atoms with Crippen LogP contribution in [-0.2, 0) is 4.74 Å². The Morgan fingerprint density at radius 3 is 2.81 bits per heavy atom. The van der Waals surface area contributed by atoms with E-state index in [1.807, 2.05) is 6.92 Å². The van der Waals surface area contributed by atoms with Gasteiger partial charge in [-0.15, -0.1) is 0 Å². The summed E-state index contributed by atoms with van der Waals surface area (Å²) in [5.41, 5.74) is 0.812. The molecule has 0 saturated heterocycles. The van der Waals surface area contributed by atoms with Crippen LogP contribution in [0.4, 0.5) is 10.5 Å². The minimum Gasteiger partial charge on any atom is -0.382 e. The van der Waals surface area contributed by atoms with Crippen molar-refractivity contribution < 1.29 is 14.3 Å². The van der Waals surface area contributed by atoms with Crippen molar-refractivity contribution in [2.45, 2.75) is 13.3 Å². The number of ether oxygens (including phenoxy) is 1. The summed E-state index contributed by atoms with van der Waals surface area (Å²) in [6.45, 7) is 3.75. The van der Waals surface area contributed by atoms with E-state index in [0.29, 0.717) is 25.4 Å². The van der Waals surface area contributed by atoms with E-state index < -0.39 is 0 Å². The Kier molecular flexibility index (Phi) is 7.17. The summed E-state index contributed by atoms with van der Waals surface area (Å²) in [4.78, 5) is 28.9. The van der Waals surface area contributed by atoms with Gasteiger partial charge in [0.15, 0.2) is 0 Å². The van der Waals surface area contributed by atoms with Crippen molar-refractivity contribution >= 4 is 17.6 Å². The van der Waals surface area contributed by atoms with Crippen LogP contribution in [0, 0.1) is 0 Å². The molecule has 21 heavy (non-hydrogen) atoms. The van der Waals surface area contributed by atoms with Crippen LogP contribution in [0.3, 0.4) is 0 Å². The summed E-state index contributed by atoms with van der Waals surface area (Å²) in [5.74, 6) is -0.212. The van der Waals surface area contributed by atoms with E-state index in [4.69, 9.17) is 4.74 Å². The molecular formula is C14H22N4O3. The molecule has 0 atom stereocenters. The smallest absolute Gasteiger partial charge is 0.319 e. The fourth-order valence-electron chi connectivity index (χ4n) is 1.55. The fraction of sp³-hybridized carbons (Fsp3) is 0.500. The highest BCUT2D eigenvalue weighted by molar-refractivity contribution is 5.94. The maximum atomic E-state index is 11.8. The molecule has 1 aromatic heterocycles. The first-order valence-electron chi connectivity index (χ1n) is 6.85. The van der Waals surface area contributed by atoms with Crippen molar-refractivity contribution in [1.29, 1.82) is 0 Å². The van der Waals surface area contributed by atoms with Gasteiger partial charge < -0.3 is 20.3 Å². The molecule has 116 valence electrons. The molecule has 3 amide bonds.